The number of hydrogen-bond acceptors (Lipinski definition) is 4. The lowest BCUT2D eigenvalue weighted by atomic mass is 10.2. The number of aliphatic hydroxyl groups excluding tert-OH is 1. The standard InChI is InChI=1S/C21H24ClN3O2/c22-20-6-8-21(9-7-20)27-13-11-24(10-12-26)15-19-14-23-25(17-19)16-18-4-2-1-3-5-18/h1-9,14,17,26H,10-13,15-16H2. The first-order valence-corrected chi connectivity index (χ1v) is 9.37. The third-order valence-corrected chi connectivity index (χ3v) is 4.44. The SMILES string of the molecule is OCCN(CCOc1ccc(Cl)cc1)Cc1cnn(Cc2ccccc2)c1. The number of hydrogen-bond donors (Lipinski definition) is 1. The molecule has 27 heavy (non-hydrogen) atoms. The average molecular weight is 386 g/mol. The van der Waals surface area contributed by atoms with Crippen LogP contribution in [0.5, 0.6) is 5.75 Å². The minimum absolute atomic E-state index is 0.110. The van der Waals surface area contributed by atoms with Gasteiger partial charge in [-0.1, -0.05) is 41.9 Å². The van der Waals surface area contributed by atoms with Gasteiger partial charge in [0, 0.05) is 36.4 Å². The van der Waals surface area contributed by atoms with E-state index in [9.17, 15) is 5.11 Å². The highest BCUT2D eigenvalue weighted by molar-refractivity contribution is 6.30. The van der Waals surface area contributed by atoms with Crippen molar-refractivity contribution in [3.63, 3.8) is 0 Å². The molecule has 6 heteroatoms. The van der Waals surface area contributed by atoms with Crippen LogP contribution in [0.2, 0.25) is 5.02 Å². The summed E-state index contributed by atoms with van der Waals surface area (Å²) < 4.78 is 7.69. The van der Waals surface area contributed by atoms with Gasteiger partial charge in [-0.15, -0.1) is 0 Å². The Morgan fingerprint density at radius 2 is 1.78 bits per heavy atom. The number of aliphatic hydroxyl groups is 1. The molecule has 3 aromatic rings. The highest BCUT2D eigenvalue weighted by Gasteiger charge is 2.08. The number of ether oxygens (including phenoxy) is 1. The zero-order valence-electron chi connectivity index (χ0n) is 15.2. The van der Waals surface area contributed by atoms with Gasteiger partial charge in [0.1, 0.15) is 12.4 Å². The van der Waals surface area contributed by atoms with Crippen molar-refractivity contribution in [1.29, 1.82) is 0 Å². The normalized spacial score (nSPS) is 11.1. The molecule has 0 amide bonds. The summed E-state index contributed by atoms with van der Waals surface area (Å²) in [5.41, 5.74) is 2.33. The van der Waals surface area contributed by atoms with Crippen molar-refractivity contribution in [2.45, 2.75) is 13.1 Å². The molecule has 5 nitrogen and oxygen atoms in total. The van der Waals surface area contributed by atoms with Crippen LogP contribution in [0.3, 0.4) is 0 Å². The van der Waals surface area contributed by atoms with E-state index in [0.717, 1.165) is 24.4 Å². The minimum Gasteiger partial charge on any atom is -0.492 e. The van der Waals surface area contributed by atoms with Gasteiger partial charge in [0.15, 0.2) is 0 Å². The smallest absolute Gasteiger partial charge is 0.119 e. The molecule has 2 aromatic carbocycles. The van der Waals surface area contributed by atoms with Gasteiger partial charge >= 0.3 is 0 Å². The van der Waals surface area contributed by atoms with Crippen molar-refractivity contribution in [3.8, 4) is 5.75 Å². The fraction of sp³-hybridized carbons (Fsp3) is 0.286. The number of halogens is 1. The molecule has 0 saturated carbocycles. The van der Waals surface area contributed by atoms with E-state index in [0.29, 0.717) is 24.7 Å². The number of benzene rings is 2. The van der Waals surface area contributed by atoms with Crippen LogP contribution in [0.25, 0.3) is 0 Å². The third-order valence-electron chi connectivity index (χ3n) is 4.19. The Bertz CT molecular complexity index is 806. The summed E-state index contributed by atoms with van der Waals surface area (Å²) in [6, 6.07) is 17.6. The summed E-state index contributed by atoms with van der Waals surface area (Å²) in [5, 5.41) is 14.5. The predicted octanol–water partition coefficient (Wildman–Crippen LogP) is 3.46. The van der Waals surface area contributed by atoms with Gasteiger partial charge in [0.05, 0.1) is 19.3 Å². The largest absolute Gasteiger partial charge is 0.492 e. The van der Waals surface area contributed by atoms with Crippen LogP contribution in [0.4, 0.5) is 0 Å². The highest BCUT2D eigenvalue weighted by atomic mass is 35.5. The molecule has 1 heterocycles. The summed E-state index contributed by atoms with van der Waals surface area (Å²) in [7, 11) is 0. The molecule has 1 N–H and O–H groups in total. The first kappa shape index (κ1) is 19.4. The zero-order valence-corrected chi connectivity index (χ0v) is 15.9. The van der Waals surface area contributed by atoms with Crippen LogP contribution in [0.15, 0.2) is 67.0 Å². The average Bonchev–Trinajstić information content (AvgIpc) is 3.11. The lowest BCUT2D eigenvalue weighted by Crippen LogP contribution is -2.30. The van der Waals surface area contributed by atoms with Crippen molar-refractivity contribution in [2.24, 2.45) is 0 Å². The number of nitrogens with zero attached hydrogens (tertiary/aromatic N) is 3. The van der Waals surface area contributed by atoms with E-state index in [1.165, 1.54) is 5.56 Å². The van der Waals surface area contributed by atoms with E-state index < -0.39 is 0 Å². The molecule has 0 spiro atoms. The molecule has 0 aliphatic heterocycles. The first-order chi connectivity index (χ1) is 13.2. The fourth-order valence-electron chi connectivity index (χ4n) is 2.84. The molecule has 0 aliphatic carbocycles. The van der Waals surface area contributed by atoms with Crippen LogP contribution in [0, 0.1) is 0 Å². The van der Waals surface area contributed by atoms with Crippen molar-refractivity contribution in [2.75, 3.05) is 26.3 Å². The van der Waals surface area contributed by atoms with Gasteiger partial charge in [0.2, 0.25) is 0 Å². The Morgan fingerprint density at radius 3 is 2.52 bits per heavy atom. The van der Waals surface area contributed by atoms with Crippen LogP contribution in [-0.2, 0) is 13.1 Å². The summed E-state index contributed by atoms with van der Waals surface area (Å²) in [4.78, 5) is 2.15. The second-order valence-corrected chi connectivity index (χ2v) is 6.77. The Hall–Kier alpha value is -2.34. The second-order valence-electron chi connectivity index (χ2n) is 6.33. The molecule has 0 aliphatic rings. The van der Waals surface area contributed by atoms with Gasteiger partial charge in [-0.3, -0.25) is 9.58 Å². The monoisotopic (exact) mass is 385 g/mol. The highest BCUT2D eigenvalue weighted by Crippen LogP contribution is 2.15. The van der Waals surface area contributed by atoms with Gasteiger partial charge in [-0.25, -0.2) is 0 Å². The molecule has 0 radical (unpaired) electrons. The maximum Gasteiger partial charge on any atom is 0.119 e. The quantitative estimate of drug-likeness (QED) is 0.580. The van der Waals surface area contributed by atoms with E-state index in [1.54, 1.807) is 0 Å². The molecule has 142 valence electrons. The van der Waals surface area contributed by atoms with Gasteiger partial charge in [0.25, 0.3) is 0 Å². The van der Waals surface area contributed by atoms with E-state index in [4.69, 9.17) is 16.3 Å². The minimum atomic E-state index is 0.110. The van der Waals surface area contributed by atoms with Crippen LogP contribution >= 0.6 is 11.6 Å². The molecule has 0 bridgehead atoms. The maximum absolute atomic E-state index is 9.34. The maximum atomic E-state index is 9.34. The van der Waals surface area contributed by atoms with Gasteiger partial charge in [-0.2, -0.15) is 5.10 Å². The lowest BCUT2D eigenvalue weighted by molar-refractivity contribution is 0.163. The molecule has 3 rings (SSSR count). The van der Waals surface area contributed by atoms with Gasteiger partial charge < -0.3 is 9.84 Å². The Morgan fingerprint density at radius 1 is 1.00 bits per heavy atom. The second kappa shape index (κ2) is 10.1. The topological polar surface area (TPSA) is 50.5 Å². The number of rotatable bonds is 10. The van der Waals surface area contributed by atoms with E-state index in [-0.39, 0.29) is 6.61 Å². The third kappa shape index (κ3) is 6.40. The molecular formula is C21H24ClN3O2. The Balaban J connectivity index is 1.50. The molecular weight excluding hydrogens is 362 g/mol. The summed E-state index contributed by atoms with van der Waals surface area (Å²) >= 11 is 5.88. The number of aromatic nitrogens is 2. The Labute approximate surface area is 164 Å². The lowest BCUT2D eigenvalue weighted by Gasteiger charge is -2.20. The Kier molecular flexibility index (Phi) is 7.27. The van der Waals surface area contributed by atoms with Crippen molar-refractivity contribution in [3.05, 3.63) is 83.1 Å². The first-order valence-electron chi connectivity index (χ1n) is 9.00. The molecule has 0 fully saturated rings. The molecule has 1 aromatic heterocycles. The van der Waals surface area contributed by atoms with Crippen molar-refractivity contribution >= 4 is 11.6 Å². The molecule has 0 saturated heterocycles. The van der Waals surface area contributed by atoms with Crippen LogP contribution in [-0.4, -0.2) is 46.1 Å². The van der Waals surface area contributed by atoms with Crippen molar-refractivity contribution in [1.82, 2.24) is 14.7 Å². The fourth-order valence-corrected chi connectivity index (χ4v) is 2.96. The van der Waals surface area contributed by atoms with Crippen LogP contribution in [0.1, 0.15) is 11.1 Å². The van der Waals surface area contributed by atoms with E-state index >= 15 is 0 Å². The zero-order chi connectivity index (χ0) is 18.9. The molecule has 0 unspecified atom stereocenters. The van der Waals surface area contributed by atoms with E-state index in [2.05, 4.69) is 28.3 Å². The summed E-state index contributed by atoms with van der Waals surface area (Å²) in [6.45, 7) is 3.43. The predicted molar refractivity (Wildman–Crippen MR) is 107 cm³/mol. The van der Waals surface area contributed by atoms with Crippen LogP contribution < -0.4 is 4.74 Å². The summed E-state index contributed by atoms with van der Waals surface area (Å²) in [5.74, 6) is 0.791. The van der Waals surface area contributed by atoms with Gasteiger partial charge in [-0.05, 0) is 29.8 Å². The van der Waals surface area contributed by atoms with Crippen molar-refractivity contribution < 1.29 is 9.84 Å². The summed E-state index contributed by atoms with van der Waals surface area (Å²) in [6.07, 6.45) is 3.94. The van der Waals surface area contributed by atoms with E-state index in [1.807, 2.05) is 53.3 Å². The molecule has 0 atom stereocenters.